The lowest BCUT2D eigenvalue weighted by Gasteiger charge is -2.20. The Labute approximate surface area is 152 Å². The van der Waals surface area contributed by atoms with Gasteiger partial charge in [-0.3, -0.25) is 4.79 Å². The van der Waals surface area contributed by atoms with Crippen LogP contribution in [0.1, 0.15) is 12.5 Å². The average Bonchev–Trinajstić information content (AvgIpc) is 3.17. The quantitative estimate of drug-likeness (QED) is 0.676. The fourth-order valence-electron chi connectivity index (χ4n) is 2.91. The molecule has 1 N–H and O–H groups in total. The number of amides is 1. The van der Waals surface area contributed by atoms with Gasteiger partial charge in [0.2, 0.25) is 5.91 Å². The highest BCUT2D eigenvalue weighted by molar-refractivity contribution is 9.10. The van der Waals surface area contributed by atoms with Crippen LogP contribution in [0.15, 0.2) is 46.2 Å². The highest BCUT2D eigenvalue weighted by Crippen LogP contribution is 2.31. The number of thioether (sulfide) groups is 1. The molecule has 7 heteroatoms. The maximum absolute atomic E-state index is 12.8. The second kappa shape index (κ2) is 6.22. The minimum atomic E-state index is -0.222. The molecule has 0 saturated heterocycles. The molecule has 1 unspecified atom stereocenters. The number of anilines is 1. The molecule has 5 nitrogen and oxygen atoms in total. The number of rotatable bonds is 3. The highest BCUT2D eigenvalue weighted by Gasteiger charge is 2.28. The molecular formula is C17H15BrN4OS. The van der Waals surface area contributed by atoms with Crippen molar-refractivity contribution in [2.75, 3.05) is 11.4 Å². The molecule has 0 bridgehead atoms. The predicted octanol–water partition coefficient (Wildman–Crippen LogP) is 3.79. The summed E-state index contributed by atoms with van der Waals surface area (Å²) in [7, 11) is 0. The van der Waals surface area contributed by atoms with Crippen LogP contribution in [-0.4, -0.2) is 32.7 Å². The van der Waals surface area contributed by atoms with Gasteiger partial charge in [-0.15, -0.1) is 0 Å². The Kier molecular flexibility index (Phi) is 4.05. The summed E-state index contributed by atoms with van der Waals surface area (Å²) in [5.74, 6) is 0.111. The van der Waals surface area contributed by atoms with E-state index < -0.39 is 0 Å². The first-order chi connectivity index (χ1) is 11.6. The summed E-state index contributed by atoms with van der Waals surface area (Å²) < 4.78 is 0.896. The van der Waals surface area contributed by atoms with E-state index in [1.165, 1.54) is 17.3 Å². The van der Waals surface area contributed by atoms with Crippen LogP contribution >= 0.6 is 27.7 Å². The minimum Gasteiger partial charge on any atom is -0.331 e. The molecule has 1 aliphatic heterocycles. The van der Waals surface area contributed by atoms with Crippen LogP contribution in [0.5, 0.6) is 0 Å². The van der Waals surface area contributed by atoms with Crippen molar-refractivity contribution in [2.45, 2.75) is 23.8 Å². The maximum Gasteiger partial charge on any atom is 0.240 e. The van der Waals surface area contributed by atoms with E-state index in [9.17, 15) is 4.79 Å². The van der Waals surface area contributed by atoms with E-state index in [1.807, 2.05) is 36.1 Å². The molecule has 1 atom stereocenters. The van der Waals surface area contributed by atoms with Crippen LogP contribution in [0.25, 0.3) is 11.2 Å². The number of para-hydroxylation sites is 1. The molecule has 0 spiro atoms. The molecule has 1 amide bonds. The third-order valence-corrected chi connectivity index (χ3v) is 5.48. The average molecular weight is 403 g/mol. The Bertz CT molecular complexity index is 926. The van der Waals surface area contributed by atoms with Crippen molar-refractivity contribution in [3.63, 3.8) is 0 Å². The van der Waals surface area contributed by atoms with Crippen LogP contribution in [-0.2, 0) is 11.2 Å². The Morgan fingerprint density at radius 2 is 2.25 bits per heavy atom. The number of aromatic nitrogens is 3. The number of pyridine rings is 1. The number of hydrogen-bond acceptors (Lipinski definition) is 4. The second-order valence-electron chi connectivity index (χ2n) is 5.70. The summed E-state index contributed by atoms with van der Waals surface area (Å²) in [6.45, 7) is 2.67. The number of carbonyl (C=O) groups is 1. The van der Waals surface area contributed by atoms with E-state index in [0.717, 1.165) is 28.6 Å². The molecule has 2 aromatic heterocycles. The fourth-order valence-corrected chi connectivity index (χ4v) is 4.12. The number of nitrogens with one attached hydrogen (secondary N) is 1. The van der Waals surface area contributed by atoms with Gasteiger partial charge in [0.25, 0.3) is 0 Å². The zero-order valence-electron chi connectivity index (χ0n) is 13.0. The zero-order chi connectivity index (χ0) is 16.7. The molecule has 122 valence electrons. The van der Waals surface area contributed by atoms with Crippen molar-refractivity contribution < 1.29 is 4.79 Å². The van der Waals surface area contributed by atoms with Gasteiger partial charge in [-0.05, 0) is 47.0 Å². The van der Waals surface area contributed by atoms with Crippen LogP contribution in [0.3, 0.4) is 0 Å². The van der Waals surface area contributed by atoms with E-state index in [0.29, 0.717) is 10.8 Å². The number of nitrogens with zero attached hydrogens (tertiary/aromatic N) is 3. The van der Waals surface area contributed by atoms with Crippen molar-refractivity contribution in [1.82, 2.24) is 15.0 Å². The molecule has 0 fully saturated rings. The third-order valence-electron chi connectivity index (χ3n) is 4.07. The third kappa shape index (κ3) is 2.82. The first kappa shape index (κ1) is 15.7. The molecule has 4 rings (SSSR count). The van der Waals surface area contributed by atoms with Gasteiger partial charge in [-0.2, -0.15) is 0 Å². The van der Waals surface area contributed by atoms with Crippen molar-refractivity contribution >= 4 is 50.5 Å². The molecular weight excluding hydrogens is 388 g/mol. The highest BCUT2D eigenvalue weighted by atomic mass is 79.9. The van der Waals surface area contributed by atoms with Gasteiger partial charge in [0.05, 0.1) is 10.8 Å². The number of carbonyl (C=O) groups excluding carboxylic acids is 1. The Morgan fingerprint density at radius 3 is 3.12 bits per heavy atom. The summed E-state index contributed by atoms with van der Waals surface area (Å²) in [6.07, 6.45) is 2.63. The topological polar surface area (TPSA) is 61.9 Å². The summed E-state index contributed by atoms with van der Waals surface area (Å²) in [5, 5.41) is 0.490. The first-order valence-corrected chi connectivity index (χ1v) is 9.36. The van der Waals surface area contributed by atoms with E-state index in [2.05, 4.69) is 36.9 Å². The van der Waals surface area contributed by atoms with Gasteiger partial charge >= 0.3 is 0 Å². The lowest BCUT2D eigenvalue weighted by atomic mass is 10.2. The van der Waals surface area contributed by atoms with Gasteiger partial charge in [-0.25, -0.2) is 9.97 Å². The number of aromatic amines is 1. The molecule has 0 saturated carbocycles. The standard InChI is InChI=1S/C17H15BrN4OS/c1-10(16(23)22-7-6-11-4-2-3-5-14(11)22)24-17-20-13-8-12(18)9-19-15(13)21-17/h2-5,8-10H,6-7H2,1H3,(H,19,20,21). The van der Waals surface area contributed by atoms with Gasteiger partial charge in [0.15, 0.2) is 10.8 Å². The Balaban J connectivity index is 1.53. The van der Waals surface area contributed by atoms with Crippen LogP contribution in [0, 0.1) is 0 Å². The van der Waals surface area contributed by atoms with Crippen LogP contribution in [0.2, 0.25) is 0 Å². The van der Waals surface area contributed by atoms with Crippen molar-refractivity contribution in [3.05, 3.63) is 46.6 Å². The molecule has 3 aromatic rings. The number of halogens is 1. The van der Waals surface area contributed by atoms with E-state index in [1.54, 1.807) is 6.20 Å². The number of hydrogen-bond donors (Lipinski definition) is 1. The van der Waals surface area contributed by atoms with Gasteiger partial charge < -0.3 is 9.88 Å². The van der Waals surface area contributed by atoms with E-state index >= 15 is 0 Å². The molecule has 1 aliphatic rings. The normalized spacial score (nSPS) is 14.8. The summed E-state index contributed by atoms with van der Waals surface area (Å²) in [6, 6.07) is 10.0. The number of fused-ring (bicyclic) bond motifs is 2. The monoisotopic (exact) mass is 402 g/mol. The molecule has 3 heterocycles. The van der Waals surface area contributed by atoms with E-state index in [-0.39, 0.29) is 11.2 Å². The molecule has 0 radical (unpaired) electrons. The maximum atomic E-state index is 12.8. The number of benzene rings is 1. The lowest BCUT2D eigenvalue weighted by molar-refractivity contribution is -0.117. The summed E-state index contributed by atoms with van der Waals surface area (Å²) >= 11 is 4.83. The molecule has 0 aliphatic carbocycles. The van der Waals surface area contributed by atoms with Gasteiger partial charge in [-0.1, -0.05) is 30.0 Å². The van der Waals surface area contributed by atoms with Crippen molar-refractivity contribution in [3.8, 4) is 0 Å². The Morgan fingerprint density at radius 1 is 1.42 bits per heavy atom. The van der Waals surface area contributed by atoms with Crippen molar-refractivity contribution in [1.29, 1.82) is 0 Å². The van der Waals surface area contributed by atoms with E-state index in [4.69, 9.17) is 0 Å². The first-order valence-electron chi connectivity index (χ1n) is 7.69. The Hall–Kier alpha value is -1.86. The lowest BCUT2D eigenvalue weighted by Crippen LogP contribution is -2.35. The fraction of sp³-hybridized carbons (Fsp3) is 0.235. The SMILES string of the molecule is CC(Sc1nc2ncc(Br)cc2[nH]1)C(=O)N1CCc2ccccc21. The second-order valence-corrected chi connectivity index (χ2v) is 7.94. The van der Waals surface area contributed by atoms with Gasteiger partial charge in [0.1, 0.15) is 0 Å². The number of imidazole rings is 1. The van der Waals surface area contributed by atoms with Crippen molar-refractivity contribution in [2.24, 2.45) is 0 Å². The molecule has 24 heavy (non-hydrogen) atoms. The zero-order valence-corrected chi connectivity index (χ0v) is 15.4. The van der Waals surface area contributed by atoms with Crippen LogP contribution in [0.4, 0.5) is 5.69 Å². The minimum absolute atomic E-state index is 0.111. The summed E-state index contributed by atoms with van der Waals surface area (Å²) in [5.41, 5.74) is 3.79. The predicted molar refractivity (Wildman–Crippen MR) is 99.4 cm³/mol. The largest absolute Gasteiger partial charge is 0.331 e. The number of H-pyrrole nitrogens is 1. The summed E-state index contributed by atoms with van der Waals surface area (Å²) in [4.78, 5) is 26.6. The van der Waals surface area contributed by atoms with Crippen LogP contribution < -0.4 is 4.90 Å². The smallest absolute Gasteiger partial charge is 0.240 e. The van der Waals surface area contributed by atoms with Gasteiger partial charge in [0, 0.05) is 22.9 Å². The molecule has 1 aromatic carbocycles.